The Morgan fingerprint density at radius 3 is 2.66 bits per heavy atom. The van der Waals surface area contributed by atoms with Crippen molar-refractivity contribution in [2.75, 3.05) is 31.1 Å². The van der Waals surface area contributed by atoms with Crippen molar-refractivity contribution in [2.45, 2.75) is 32.3 Å². The maximum Gasteiger partial charge on any atom is 0.219 e. The molecule has 0 unspecified atom stereocenters. The molecular weight excluding hydrogens is 368 g/mol. The number of benzene rings is 1. The molecule has 1 saturated carbocycles. The van der Waals surface area contributed by atoms with Crippen LogP contribution >= 0.6 is 0 Å². The van der Waals surface area contributed by atoms with E-state index in [2.05, 4.69) is 32.0 Å². The lowest BCUT2D eigenvalue weighted by molar-refractivity contribution is -0.129. The quantitative estimate of drug-likeness (QED) is 0.734. The van der Waals surface area contributed by atoms with Crippen LogP contribution in [0.5, 0.6) is 5.75 Å². The topological polar surface area (TPSA) is 87.2 Å². The van der Waals surface area contributed by atoms with Gasteiger partial charge in [0, 0.05) is 44.6 Å². The Bertz CT molecular complexity index is 1070. The van der Waals surface area contributed by atoms with E-state index < -0.39 is 0 Å². The molecule has 1 N–H and O–H groups in total. The lowest BCUT2D eigenvalue weighted by Gasteiger charge is -2.34. The molecular formula is C21H24N6O2. The van der Waals surface area contributed by atoms with Crippen LogP contribution in [0.1, 0.15) is 26.7 Å². The molecule has 2 aromatic heterocycles. The van der Waals surface area contributed by atoms with Crippen molar-refractivity contribution in [2.24, 2.45) is 0 Å². The van der Waals surface area contributed by atoms with Gasteiger partial charge in [-0.05, 0) is 38.0 Å². The largest absolute Gasteiger partial charge is 0.488 e. The molecule has 8 heteroatoms. The Balaban J connectivity index is 1.42. The van der Waals surface area contributed by atoms with Gasteiger partial charge in [-0.3, -0.25) is 9.89 Å². The van der Waals surface area contributed by atoms with E-state index in [1.54, 1.807) is 13.3 Å². The number of amides is 1. The van der Waals surface area contributed by atoms with Crippen molar-refractivity contribution in [1.82, 2.24) is 25.1 Å². The number of nitrogens with one attached hydrogen (secondary N) is 1. The number of hydrogen-bond acceptors (Lipinski definition) is 6. The van der Waals surface area contributed by atoms with E-state index in [-0.39, 0.29) is 11.5 Å². The number of aromatic nitrogens is 4. The van der Waals surface area contributed by atoms with E-state index >= 15 is 0 Å². The lowest BCUT2D eigenvalue weighted by atomic mass is 10.1. The first-order valence-electron chi connectivity index (χ1n) is 10.0. The van der Waals surface area contributed by atoms with E-state index in [1.165, 1.54) is 0 Å². The predicted octanol–water partition coefficient (Wildman–Crippen LogP) is 2.62. The molecule has 8 nitrogen and oxygen atoms in total. The summed E-state index contributed by atoms with van der Waals surface area (Å²) < 4.78 is 6.11. The third-order valence-electron chi connectivity index (χ3n) is 5.80. The normalized spacial score (nSPS) is 18.1. The Morgan fingerprint density at radius 1 is 1.14 bits per heavy atom. The summed E-state index contributed by atoms with van der Waals surface area (Å²) in [7, 11) is 0. The summed E-state index contributed by atoms with van der Waals surface area (Å²) in [5.41, 5.74) is 2.48. The second kappa shape index (κ2) is 6.72. The van der Waals surface area contributed by atoms with Crippen LogP contribution in [0.4, 0.5) is 5.82 Å². The molecule has 2 aliphatic rings. The number of rotatable bonds is 4. The minimum atomic E-state index is -0.0261. The highest BCUT2D eigenvalue weighted by Crippen LogP contribution is 2.40. The number of anilines is 1. The fraction of sp³-hybridized carbons (Fsp3) is 0.429. The van der Waals surface area contributed by atoms with Crippen LogP contribution in [-0.4, -0.2) is 62.8 Å². The summed E-state index contributed by atoms with van der Waals surface area (Å²) in [4.78, 5) is 24.5. The van der Waals surface area contributed by atoms with Gasteiger partial charge in [0.15, 0.2) is 0 Å². The molecule has 1 aliphatic carbocycles. The van der Waals surface area contributed by atoms with E-state index in [1.807, 2.05) is 29.2 Å². The average Bonchev–Trinajstić information content (AvgIpc) is 3.31. The number of aromatic amines is 1. The number of piperazine rings is 1. The van der Waals surface area contributed by atoms with Crippen molar-refractivity contribution in [3.63, 3.8) is 0 Å². The van der Waals surface area contributed by atoms with Crippen molar-refractivity contribution >= 4 is 22.6 Å². The van der Waals surface area contributed by atoms with Crippen LogP contribution in [0.2, 0.25) is 0 Å². The van der Waals surface area contributed by atoms with Gasteiger partial charge < -0.3 is 14.5 Å². The highest BCUT2D eigenvalue weighted by Gasteiger charge is 2.40. The summed E-state index contributed by atoms with van der Waals surface area (Å²) >= 11 is 0. The second-order valence-corrected chi connectivity index (χ2v) is 8.09. The van der Waals surface area contributed by atoms with Crippen molar-refractivity contribution in [3.8, 4) is 17.1 Å². The summed E-state index contributed by atoms with van der Waals surface area (Å²) in [6.45, 7) is 6.68. The second-order valence-electron chi connectivity index (χ2n) is 8.09. The Hall–Kier alpha value is -3.16. The summed E-state index contributed by atoms with van der Waals surface area (Å²) in [5, 5.41) is 8.57. The number of nitrogens with zero attached hydrogens (tertiary/aromatic N) is 5. The van der Waals surface area contributed by atoms with Gasteiger partial charge in [-0.25, -0.2) is 9.97 Å². The standard InChI is InChI=1S/C21H24N6O2/c1-14(28)26-7-9-27(10-8-26)19-12-18(22-13-23-19)20-16-11-15(29-21(2)5-6-21)3-4-17(16)24-25-20/h3-4,11-13H,5-10H2,1-2H3,(H,24,25). The fourth-order valence-electron chi connectivity index (χ4n) is 3.71. The molecule has 0 bridgehead atoms. The van der Waals surface area contributed by atoms with Crippen LogP contribution in [0.25, 0.3) is 22.3 Å². The van der Waals surface area contributed by atoms with Crippen LogP contribution < -0.4 is 9.64 Å². The van der Waals surface area contributed by atoms with Gasteiger partial charge in [0.05, 0.1) is 11.2 Å². The third-order valence-corrected chi connectivity index (χ3v) is 5.80. The maximum absolute atomic E-state index is 11.6. The van der Waals surface area contributed by atoms with Crippen molar-refractivity contribution < 1.29 is 9.53 Å². The molecule has 0 spiro atoms. The van der Waals surface area contributed by atoms with Crippen molar-refractivity contribution in [1.29, 1.82) is 0 Å². The molecule has 3 aromatic rings. The van der Waals surface area contributed by atoms with Crippen LogP contribution in [0, 0.1) is 0 Å². The van der Waals surface area contributed by atoms with Gasteiger partial charge in [0.25, 0.3) is 0 Å². The highest BCUT2D eigenvalue weighted by molar-refractivity contribution is 5.93. The molecule has 1 aromatic carbocycles. The van der Waals surface area contributed by atoms with Gasteiger partial charge in [0.2, 0.25) is 5.91 Å². The zero-order chi connectivity index (χ0) is 20.0. The van der Waals surface area contributed by atoms with E-state index in [9.17, 15) is 4.79 Å². The molecule has 1 saturated heterocycles. The number of H-pyrrole nitrogens is 1. The number of carbonyl (C=O) groups excluding carboxylic acids is 1. The molecule has 1 amide bonds. The van der Waals surface area contributed by atoms with Crippen LogP contribution in [0.3, 0.4) is 0 Å². The Kier molecular flexibility index (Phi) is 4.15. The zero-order valence-electron chi connectivity index (χ0n) is 16.7. The number of ether oxygens (including phenoxy) is 1. The van der Waals surface area contributed by atoms with Crippen LogP contribution in [-0.2, 0) is 4.79 Å². The minimum absolute atomic E-state index is 0.0261. The lowest BCUT2D eigenvalue weighted by Crippen LogP contribution is -2.48. The molecule has 2 fully saturated rings. The first-order valence-corrected chi connectivity index (χ1v) is 10.0. The van der Waals surface area contributed by atoms with E-state index in [0.29, 0.717) is 13.1 Å². The van der Waals surface area contributed by atoms with Gasteiger partial charge in [-0.2, -0.15) is 5.10 Å². The maximum atomic E-state index is 11.6. The summed E-state index contributed by atoms with van der Waals surface area (Å²) in [6.07, 6.45) is 3.76. The third kappa shape index (κ3) is 3.50. The van der Waals surface area contributed by atoms with Gasteiger partial charge in [-0.15, -0.1) is 0 Å². The predicted molar refractivity (Wildman–Crippen MR) is 110 cm³/mol. The van der Waals surface area contributed by atoms with Crippen molar-refractivity contribution in [3.05, 3.63) is 30.6 Å². The summed E-state index contributed by atoms with van der Waals surface area (Å²) in [6, 6.07) is 7.98. The fourth-order valence-corrected chi connectivity index (χ4v) is 3.71. The average molecular weight is 392 g/mol. The van der Waals surface area contributed by atoms with Gasteiger partial charge in [-0.1, -0.05) is 0 Å². The number of fused-ring (bicyclic) bond motifs is 1. The van der Waals surface area contributed by atoms with Gasteiger partial charge in [0.1, 0.15) is 29.2 Å². The molecule has 0 radical (unpaired) electrons. The van der Waals surface area contributed by atoms with E-state index in [4.69, 9.17) is 4.74 Å². The SMILES string of the molecule is CC(=O)N1CCN(c2cc(-c3n[nH]c4ccc(OC5(C)CC5)cc34)ncn2)CC1. The van der Waals surface area contributed by atoms with Crippen LogP contribution in [0.15, 0.2) is 30.6 Å². The minimum Gasteiger partial charge on any atom is -0.488 e. The Morgan fingerprint density at radius 2 is 1.93 bits per heavy atom. The zero-order valence-corrected chi connectivity index (χ0v) is 16.7. The monoisotopic (exact) mass is 392 g/mol. The molecule has 29 heavy (non-hydrogen) atoms. The molecule has 1 aliphatic heterocycles. The first kappa shape index (κ1) is 17.9. The van der Waals surface area contributed by atoms with E-state index in [0.717, 1.165) is 59.8 Å². The Labute approximate surface area is 168 Å². The summed E-state index contributed by atoms with van der Waals surface area (Å²) in [5.74, 6) is 1.83. The molecule has 5 rings (SSSR count). The molecule has 3 heterocycles. The number of carbonyl (C=O) groups is 1. The molecule has 150 valence electrons. The van der Waals surface area contributed by atoms with Gasteiger partial charge >= 0.3 is 0 Å². The highest BCUT2D eigenvalue weighted by atomic mass is 16.5. The number of hydrogen-bond donors (Lipinski definition) is 1. The molecule has 0 atom stereocenters. The first-order chi connectivity index (χ1) is 14.0. The smallest absolute Gasteiger partial charge is 0.219 e.